The molecule has 0 aromatic rings. The van der Waals surface area contributed by atoms with Crippen molar-refractivity contribution in [2.45, 2.75) is 44.2 Å². The molecule has 2 fully saturated rings. The van der Waals surface area contributed by atoms with Gasteiger partial charge in [-0.05, 0) is 45.2 Å². The lowest BCUT2D eigenvalue weighted by molar-refractivity contribution is -0.129. The zero-order valence-electron chi connectivity index (χ0n) is 11.9. The summed E-state index contributed by atoms with van der Waals surface area (Å²) >= 11 is 1.73. The van der Waals surface area contributed by atoms with E-state index < -0.39 is 0 Å². The zero-order chi connectivity index (χ0) is 13.5. The molecule has 0 spiro atoms. The van der Waals surface area contributed by atoms with Crippen molar-refractivity contribution in [3.05, 3.63) is 0 Å². The second kappa shape index (κ2) is 8.12. The molecule has 0 aromatic carbocycles. The molecule has 0 aliphatic carbocycles. The molecule has 5 heteroatoms. The summed E-state index contributed by atoms with van der Waals surface area (Å²) in [6.45, 7) is 2.96. The fourth-order valence-corrected chi connectivity index (χ4v) is 3.74. The normalized spacial score (nSPS) is 25.2. The number of ether oxygens (including phenoxy) is 1. The third kappa shape index (κ3) is 4.97. The van der Waals surface area contributed by atoms with E-state index in [-0.39, 0.29) is 5.91 Å². The van der Waals surface area contributed by atoms with Crippen LogP contribution in [0, 0.1) is 0 Å². The van der Waals surface area contributed by atoms with Gasteiger partial charge >= 0.3 is 0 Å². The topological polar surface area (TPSA) is 41.6 Å². The number of carbonyl (C=O) groups is 1. The maximum absolute atomic E-state index is 12.1. The van der Waals surface area contributed by atoms with Crippen LogP contribution in [-0.2, 0) is 9.53 Å². The second-order valence-corrected chi connectivity index (χ2v) is 6.52. The first-order valence-corrected chi connectivity index (χ1v) is 8.58. The Balaban J connectivity index is 1.62. The first-order valence-electron chi connectivity index (χ1n) is 7.43. The van der Waals surface area contributed by atoms with Crippen molar-refractivity contribution in [1.29, 1.82) is 0 Å². The molecule has 1 N–H and O–H groups in total. The van der Waals surface area contributed by atoms with Gasteiger partial charge in [-0.15, -0.1) is 11.8 Å². The highest BCUT2D eigenvalue weighted by Crippen LogP contribution is 2.18. The van der Waals surface area contributed by atoms with Gasteiger partial charge in [0, 0.05) is 25.4 Å². The van der Waals surface area contributed by atoms with Gasteiger partial charge in [-0.2, -0.15) is 0 Å². The largest absolute Gasteiger partial charge is 0.377 e. The third-order valence-electron chi connectivity index (χ3n) is 4.05. The van der Waals surface area contributed by atoms with Crippen LogP contribution in [0.25, 0.3) is 0 Å². The number of thioether (sulfide) groups is 1. The van der Waals surface area contributed by atoms with Crippen molar-refractivity contribution in [2.75, 3.05) is 38.2 Å². The number of hydrogen-bond donors (Lipinski definition) is 1. The summed E-state index contributed by atoms with van der Waals surface area (Å²) in [4.78, 5) is 14.1. The number of piperidine rings is 1. The lowest BCUT2D eigenvalue weighted by Gasteiger charge is -2.31. The van der Waals surface area contributed by atoms with E-state index in [1.807, 2.05) is 11.9 Å². The average Bonchev–Trinajstić information content (AvgIpc) is 2.48. The molecule has 0 saturated carbocycles. The van der Waals surface area contributed by atoms with Crippen LogP contribution in [0.15, 0.2) is 0 Å². The van der Waals surface area contributed by atoms with Crippen LogP contribution >= 0.6 is 11.8 Å². The van der Waals surface area contributed by atoms with E-state index >= 15 is 0 Å². The lowest BCUT2D eigenvalue weighted by atomic mass is 10.1. The maximum atomic E-state index is 12.1. The first kappa shape index (κ1) is 15.1. The fraction of sp³-hybridized carbons (Fsp3) is 0.929. The van der Waals surface area contributed by atoms with Crippen molar-refractivity contribution in [3.8, 4) is 0 Å². The van der Waals surface area contributed by atoms with Crippen LogP contribution in [0.2, 0.25) is 0 Å². The summed E-state index contributed by atoms with van der Waals surface area (Å²) in [5.41, 5.74) is 0. The lowest BCUT2D eigenvalue weighted by Crippen LogP contribution is -2.44. The summed E-state index contributed by atoms with van der Waals surface area (Å²) in [5, 5.41) is 3.33. The van der Waals surface area contributed by atoms with Crippen molar-refractivity contribution < 1.29 is 9.53 Å². The van der Waals surface area contributed by atoms with Gasteiger partial charge in [0.25, 0.3) is 0 Å². The van der Waals surface area contributed by atoms with Gasteiger partial charge in [0.1, 0.15) is 0 Å². The highest BCUT2D eigenvalue weighted by Gasteiger charge is 2.22. The summed E-state index contributed by atoms with van der Waals surface area (Å²) in [6.07, 6.45) is 6.16. The Labute approximate surface area is 120 Å². The number of hydrogen-bond acceptors (Lipinski definition) is 4. The number of nitrogens with zero attached hydrogens (tertiary/aromatic N) is 1. The van der Waals surface area contributed by atoms with Crippen molar-refractivity contribution >= 4 is 17.7 Å². The van der Waals surface area contributed by atoms with E-state index in [0.717, 1.165) is 44.7 Å². The van der Waals surface area contributed by atoms with E-state index in [4.69, 9.17) is 4.74 Å². The van der Waals surface area contributed by atoms with Gasteiger partial charge < -0.3 is 15.0 Å². The van der Waals surface area contributed by atoms with Crippen LogP contribution in [-0.4, -0.2) is 61.2 Å². The zero-order valence-corrected chi connectivity index (χ0v) is 12.7. The highest BCUT2D eigenvalue weighted by molar-refractivity contribution is 7.99. The predicted octanol–water partition coefficient (Wildman–Crippen LogP) is 1.50. The molecule has 19 heavy (non-hydrogen) atoms. The number of amides is 1. The quantitative estimate of drug-likeness (QED) is 0.831. The number of rotatable bonds is 5. The summed E-state index contributed by atoms with van der Waals surface area (Å²) < 4.78 is 5.68. The molecule has 0 radical (unpaired) electrons. The predicted molar refractivity (Wildman–Crippen MR) is 79.6 cm³/mol. The monoisotopic (exact) mass is 286 g/mol. The molecular formula is C14H26N2O2S. The molecule has 110 valence electrons. The van der Waals surface area contributed by atoms with Gasteiger partial charge in [0.05, 0.1) is 11.9 Å². The van der Waals surface area contributed by atoms with E-state index in [0.29, 0.717) is 17.9 Å². The van der Waals surface area contributed by atoms with Crippen molar-refractivity contribution in [2.24, 2.45) is 0 Å². The molecular weight excluding hydrogens is 260 g/mol. The summed E-state index contributed by atoms with van der Waals surface area (Å²) in [6, 6.07) is 0.431. The molecule has 4 nitrogen and oxygen atoms in total. The van der Waals surface area contributed by atoms with Gasteiger partial charge in [-0.25, -0.2) is 0 Å². The molecule has 2 heterocycles. The minimum absolute atomic E-state index is 0.271. The van der Waals surface area contributed by atoms with Crippen LogP contribution in [0.1, 0.15) is 32.1 Å². The van der Waals surface area contributed by atoms with Gasteiger partial charge in [0.15, 0.2) is 0 Å². The fourth-order valence-electron chi connectivity index (χ4n) is 2.72. The van der Waals surface area contributed by atoms with E-state index in [9.17, 15) is 4.79 Å². The molecule has 2 saturated heterocycles. The molecule has 1 unspecified atom stereocenters. The molecule has 1 atom stereocenters. The Hall–Kier alpha value is -0.260. The molecule has 0 aromatic heterocycles. The van der Waals surface area contributed by atoms with E-state index in [1.165, 1.54) is 12.8 Å². The van der Waals surface area contributed by atoms with Gasteiger partial charge in [0.2, 0.25) is 5.91 Å². The SMILES string of the molecule is CN(C(=O)CSCC1CCCCO1)C1CCNCC1. The second-order valence-electron chi connectivity index (χ2n) is 5.49. The smallest absolute Gasteiger partial charge is 0.232 e. The van der Waals surface area contributed by atoms with Crippen LogP contribution in [0.5, 0.6) is 0 Å². The Morgan fingerprint density at radius 2 is 2.11 bits per heavy atom. The summed E-state index contributed by atoms with van der Waals surface area (Å²) in [7, 11) is 1.95. The Morgan fingerprint density at radius 3 is 2.79 bits per heavy atom. The van der Waals surface area contributed by atoms with Crippen molar-refractivity contribution in [1.82, 2.24) is 10.2 Å². The number of nitrogens with one attached hydrogen (secondary N) is 1. The maximum Gasteiger partial charge on any atom is 0.232 e. The first-order chi connectivity index (χ1) is 9.27. The van der Waals surface area contributed by atoms with Crippen LogP contribution < -0.4 is 5.32 Å². The number of carbonyl (C=O) groups excluding carboxylic acids is 1. The third-order valence-corrected chi connectivity index (χ3v) is 5.11. The van der Waals surface area contributed by atoms with Crippen molar-refractivity contribution in [3.63, 3.8) is 0 Å². The Bertz CT molecular complexity index is 277. The molecule has 2 aliphatic rings. The Morgan fingerprint density at radius 1 is 1.32 bits per heavy atom. The van der Waals surface area contributed by atoms with Crippen LogP contribution in [0.3, 0.4) is 0 Å². The average molecular weight is 286 g/mol. The van der Waals surface area contributed by atoms with E-state index in [1.54, 1.807) is 11.8 Å². The molecule has 0 bridgehead atoms. The summed E-state index contributed by atoms with van der Waals surface area (Å²) in [5.74, 6) is 1.83. The minimum Gasteiger partial charge on any atom is -0.377 e. The molecule has 2 aliphatic heterocycles. The highest BCUT2D eigenvalue weighted by atomic mass is 32.2. The molecule has 2 rings (SSSR count). The molecule has 1 amide bonds. The Kier molecular flexibility index (Phi) is 6.47. The minimum atomic E-state index is 0.271. The van der Waals surface area contributed by atoms with E-state index in [2.05, 4.69) is 5.32 Å². The standard InChI is InChI=1S/C14H26N2O2S/c1-16(12-5-7-15-8-6-12)14(17)11-19-10-13-4-2-3-9-18-13/h12-13,15H,2-11H2,1H3. The van der Waals surface area contributed by atoms with Crippen LogP contribution in [0.4, 0.5) is 0 Å². The van der Waals surface area contributed by atoms with Gasteiger partial charge in [-0.3, -0.25) is 4.79 Å². The van der Waals surface area contributed by atoms with Gasteiger partial charge in [-0.1, -0.05) is 0 Å².